The second kappa shape index (κ2) is 13.5. The number of nitrogens with zero attached hydrogens (tertiary/aromatic N) is 2. The van der Waals surface area contributed by atoms with Gasteiger partial charge in [0.05, 0.1) is 18.2 Å². The normalized spacial score (nSPS) is 14.2. The Hall–Kier alpha value is -6.64. The van der Waals surface area contributed by atoms with Crippen LogP contribution in [0.4, 0.5) is 34.1 Å². The predicted octanol–water partition coefficient (Wildman–Crippen LogP) is 14.3. The summed E-state index contributed by atoms with van der Waals surface area (Å²) in [6.07, 6.45) is 0. The monoisotopic (exact) mass is 685 g/mol. The van der Waals surface area contributed by atoms with E-state index in [2.05, 4.69) is 158 Å². The quantitative estimate of drug-likeness (QED) is 0.165. The van der Waals surface area contributed by atoms with Crippen molar-refractivity contribution >= 4 is 34.1 Å². The molecule has 0 bridgehead atoms. The summed E-state index contributed by atoms with van der Waals surface area (Å²) >= 11 is 0. The second-order valence-electron chi connectivity index (χ2n) is 13.9. The lowest BCUT2D eigenvalue weighted by Crippen LogP contribution is -2.30. The van der Waals surface area contributed by atoms with Gasteiger partial charge in [-0.1, -0.05) is 153 Å². The molecule has 2 heteroatoms. The van der Waals surface area contributed by atoms with Gasteiger partial charge < -0.3 is 9.80 Å². The molecule has 0 amide bonds. The molecule has 0 unspecified atom stereocenters. The molecule has 8 aromatic carbocycles. The fraction of sp³-hybridized carbons (Fsp3) is 0.0588. The fourth-order valence-corrected chi connectivity index (χ4v) is 7.60. The van der Waals surface area contributed by atoms with E-state index in [9.17, 15) is 0 Å². The highest BCUT2D eigenvalue weighted by atomic mass is 15.2. The molecule has 2 nitrogen and oxygen atoms in total. The van der Waals surface area contributed by atoms with Crippen molar-refractivity contribution in [1.82, 2.24) is 0 Å². The lowest BCUT2D eigenvalue weighted by Gasteiger charge is -2.42. The molecule has 9 rings (SSSR count). The third-order valence-electron chi connectivity index (χ3n) is 10.4. The van der Waals surface area contributed by atoms with Crippen molar-refractivity contribution in [2.24, 2.45) is 0 Å². The van der Waals surface area contributed by atoms with Crippen molar-refractivity contribution in [3.8, 4) is 33.4 Å². The summed E-state index contributed by atoms with van der Waals surface area (Å²) in [5.41, 5.74) is 13.1. The molecular weight excluding hydrogens is 641 g/mol. The predicted molar refractivity (Wildman–Crippen MR) is 224 cm³/mol. The molecule has 0 radical (unpaired) electrons. The highest BCUT2D eigenvalue weighted by Crippen LogP contribution is 2.52. The summed E-state index contributed by atoms with van der Waals surface area (Å²) in [5, 5.41) is 0. The van der Waals surface area contributed by atoms with Gasteiger partial charge in [0.2, 0.25) is 0 Å². The summed E-state index contributed by atoms with van der Waals surface area (Å²) in [6.45, 7) is 4.36. The zero-order valence-corrected chi connectivity index (χ0v) is 29.6. The van der Waals surface area contributed by atoms with E-state index in [-0.39, 0.29) is 29.9 Å². The number of fused-ring (bicyclic) bond motifs is 2. The molecule has 0 saturated heterocycles. The Morgan fingerprint density at radius 1 is 0.415 bits per heavy atom. The van der Waals surface area contributed by atoms with E-state index in [0.717, 1.165) is 61.8 Å². The Balaban J connectivity index is 1.12. The summed E-state index contributed by atoms with van der Waals surface area (Å²) in [6, 6.07) is 59.4. The molecule has 0 fully saturated rings. The topological polar surface area (TPSA) is 6.48 Å². The molecule has 0 N–H and O–H groups in total. The molecule has 53 heavy (non-hydrogen) atoms. The van der Waals surface area contributed by atoms with Crippen LogP contribution in [0, 0.1) is 0 Å². The average molecular weight is 686 g/mol. The second-order valence-corrected chi connectivity index (χ2v) is 13.9. The molecule has 0 aliphatic carbocycles. The maximum absolute atomic E-state index is 8.89. The van der Waals surface area contributed by atoms with Crippen LogP contribution in [-0.2, 0) is 5.41 Å². The van der Waals surface area contributed by atoms with Crippen LogP contribution < -0.4 is 9.80 Å². The molecule has 1 aliphatic rings. The first-order valence-corrected chi connectivity index (χ1v) is 17.9. The van der Waals surface area contributed by atoms with Gasteiger partial charge >= 0.3 is 0 Å². The number of benzene rings is 8. The van der Waals surface area contributed by atoms with E-state index in [1.54, 1.807) is 0 Å². The van der Waals surface area contributed by atoms with Crippen LogP contribution in [0.25, 0.3) is 33.4 Å². The Morgan fingerprint density at radius 2 is 0.830 bits per heavy atom. The third kappa shape index (κ3) is 5.99. The molecule has 0 aromatic heterocycles. The van der Waals surface area contributed by atoms with Gasteiger partial charge in [-0.2, -0.15) is 0 Å². The SMILES string of the molecule is [2H]c1c([2H])c([2H])c(N2c3ccccc3C(C)(C)c3cc(-c4ccc(N(c5ccc(-c6ccccc6)cc5)c5ccc(-c6ccccc6)cc5)cc4)ccc32)c([2H])c1[2H]. The van der Waals surface area contributed by atoms with Gasteiger partial charge in [-0.25, -0.2) is 0 Å². The summed E-state index contributed by atoms with van der Waals surface area (Å²) in [7, 11) is 0. The lowest BCUT2D eigenvalue weighted by atomic mass is 9.73. The summed E-state index contributed by atoms with van der Waals surface area (Å²) in [5.74, 6) is 0. The minimum atomic E-state index is -0.444. The molecule has 1 aliphatic heterocycles. The Morgan fingerprint density at radius 3 is 1.36 bits per heavy atom. The molecule has 0 spiro atoms. The van der Waals surface area contributed by atoms with E-state index >= 15 is 0 Å². The van der Waals surface area contributed by atoms with Gasteiger partial charge in [0, 0.05) is 28.2 Å². The minimum Gasteiger partial charge on any atom is -0.311 e. The van der Waals surface area contributed by atoms with Gasteiger partial charge in [0.1, 0.15) is 0 Å². The Bertz CT molecular complexity index is 2670. The molecule has 1 heterocycles. The first-order valence-electron chi connectivity index (χ1n) is 20.4. The van der Waals surface area contributed by atoms with Crippen molar-refractivity contribution in [3.05, 3.63) is 217 Å². The van der Waals surface area contributed by atoms with Crippen molar-refractivity contribution in [1.29, 1.82) is 0 Å². The number of hydrogen-bond acceptors (Lipinski definition) is 2. The highest BCUT2D eigenvalue weighted by Gasteiger charge is 2.36. The molecule has 8 aromatic rings. The minimum absolute atomic E-state index is 0.140. The molecule has 0 saturated carbocycles. The fourth-order valence-electron chi connectivity index (χ4n) is 7.60. The van der Waals surface area contributed by atoms with E-state index < -0.39 is 11.5 Å². The maximum Gasteiger partial charge on any atom is 0.0645 e. The molecule has 254 valence electrons. The van der Waals surface area contributed by atoms with E-state index in [0.29, 0.717) is 0 Å². The van der Waals surface area contributed by atoms with Crippen molar-refractivity contribution in [2.75, 3.05) is 9.80 Å². The molecule has 0 atom stereocenters. The number of rotatable bonds is 7. The number of anilines is 6. The number of para-hydroxylation sites is 2. The van der Waals surface area contributed by atoms with E-state index in [4.69, 9.17) is 6.85 Å². The summed E-state index contributed by atoms with van der Waals surface area (Å²) in [4.78, 5) is 4.12. The van der Waals surface area contributed by atoms with Gasteiger partial charge in [0.25, 0.3) is 0 Å². The van der Waals surface area contributed by atoms with Gasteiger partial charge in [-0.3, -0.25) is 0 Å². The van der Waals surface area contributed by atoms with Gasteiger partial charge in [-0.05, 0) is 111 Å². The van der Waals surface area contributed by atoms with Crippen LogP contribution >= 0.6 is 0 Å². The van der Waals surface area contributed by atoms with Crippen LogP contribution in [0.1, 0.15) is 31.8 Å². The van der Waals surface area contributed by atoms with E-state index in [1.165, 1.54) is 11.1 Å². The Labute approximate surface area is 319 Å². The first-order chi connectivity index (χ1) is 28.1. The van der Waals surface area contributed by atoms with Crippen molar-refractivity contribution < 1.29 is 6.85 Å². The van der Waals surface area contributed by atoms with Crippen LogP contribution in [0.3, 0.4) is 0 Å². The van der Waals surface area contributed by atoms with Crippen LogP contribution in [0.5, 0.6) is 0 Å². The van der Waals surface area contributed by atoms with Gasteiger partial charge in [0.15, 0.2) is 0 Å². The van der Waals surface area contributed by atoms with Crippen LogP contribution in [0.15, 0.2) is 206 Å². The van der Waals surface area contributed by atoms with Crippen LogP contribution in [0.2, 0.25) is 0 Å². The van der Waals surface area contributed by atoms with Crippen LogP contribution in [-0.4, -0.2) is 0 Å². The van der Waals surface area contributed by atoms with E-state index in [1.807, 2.05) is 41.3 Å². The summed E-state index contributed by atoms with van der Waals surface area (Å²) < 4.78 is 42.9. The average Bonchev–Trinajstić information content (AvgIpc) is 3.27. The zero-order chi connectivity index (χ0) is 40.1. The Kier molecular flexibility index (Phi) is 6.89. The smallest absolute Gasteiger partial charge is 0.0645 e. The van der Waals surface area contributed by atoms with Crippen molar-refractivity contribution in [2.45, 2.75) is 19.3 Å². The lowest BCUT2D eigenvalue weighted by molar-refractivity contribution is 0.632. The van der Waals surface area contributed by atoms with Gasteiger partial charge in [-0.15, -0.1) is 0 Å². The number of hydrogen-bond donors (Lipinski definition) is 0. The first kappa shape index (κ1) is 27.1. The van der Waals surface area contributed by atoms with Crippen molar-refractivity contribution in [3.63, 3.8) is 0 Å². The maximum atomic E-state index is 8.89. The zero-order valence-electron chi connectivity index (χ0n) is 34.6. The largest absolute Gasteiger partial charge is 0.311 e. The highest BCUT2D eigenvalue weighted by molar-refractivity contribution is 5.88. The standard InChI is InChI=1S/C51H40N2/c1-51(2)47-20-12-13-21-49(47)53(43-18-10-5-11-19-43)50-35-28-42(36-48(50)51)41-26-33-46(34-27-41)52(44-29-22-39(23-30-44)37-14-6-3-7-15-37)45-31-24-40(25-32-45)38-16-8-4-9-17-38/h3-36H,1-2H3/i5D,10D,11D,18D,19D. The molecular formula is C51H40N2. The third-order valence-corrected chi connectivity index (χ3v) is 10.4.